The minimum Gasteiger partial charge on any atom is -0.467 e. The van der Waals surface area contributed by atoms with Gasteiger partial charge in [0.05, 0.1) is 12.9 Å². The normalized spacial score (nSPS) is 11.9. The average molecular weight is 336 g/mol. The summed E-state index contributed by atoms with van der Waals surface area (Å²) in [6.45, 7) is 1.20. The van der Waals surface area contributed by atoms with Gasteiger partial charge in [-0.3, -0.25) is 4.21 Å². The number of carbonyl (C=O) groups is 1. The Morgan fingerprint density at radius 3 is 2.87 bits per heavy atom. The topological polar surface area (TPSA) is 80.6 Å². The van der Waals surface area contributed by atoms with Crippen molar-refractivity contribution in [3.8, 4) is 0 Å². The van der Waals surface area contributed by atoms with Gasteiger partial charge in [-0.25, -0.2) is 4.79 Å². The molecule has 1 unspecified atom stereocenters. The van der Waals surface area contributed by atoms with Crippen LogP contribution in [0.3, 0.4) is 0 Å². The fourth-order valence-corrected chi connectivity index (χ4v) is 2.28. The maximum Gasteiger partial charge on any atom is 0.319 e. The highest BCUT2D eigenvalue weighted by molar-refractivity contribution is 7.84. The first-order chi connectivity index (χ1) is 11.1. The van der Waals surface area contributed by atoms with Crippen molar-refractivity contribution < 1.29 is 18.2 Å². The summed E-state index contributed by atoms with van der Waals surface area (Å²) in [7, 11) is -0.916. The molecule has 0 fully saturated rings. The number of furan rings is 1. The Balaban J connectivity index is 1.77. The predicted octanol–water partition coefficient (Wildman–Crippen LogP) is 2.50. The lowest BCUT2D eigenvalue weighted by molar-refractivity contribution is 0.0930. The Labute approximate surface area is 137 Å². The molecule has 2 amide bonds. The van der Waals surface area contributed by atoms with Gasteiger partial charge in [0.15, 0.2) is 0 Å². The van der Waals surface area contributed by atoms with Crippen molar-refractivity contribution in [2.45, 2.75) is 13.2 Å². The van der Waals surface area contributed by atoms with Crippen LogP contribution in [0.4, 0.5) is 10.5 Å². The van der Waals surface area contributed by atoms with Gasteiger partial charge in [0, 0.05) is 35.0 Å². The maximum atomic E-state index is 11.7. The van der Waals surface area contributed by atoms with Gasteiger partial charge in [0.1, 0.15) is 12.4 Å². The molecular weight excluding hydrogens is 316 g/mol. The van der Waals surface area contributed by atoms with Gasteiger partial charge in [-0.2, -0.15) is 0 Å². The summed E-state index contributed by atoms with van der Waals surface area (Å²) in [5, 5.41) is 5.39. The third-order valence-electron chi connectivity index (χ3n) is 2.95. The van der Waals surface area contributed by atoms with Gasteiger partial charge in [0.2, 0.25) is 0 Å². The molecule has 2 N–H and O–H groups in total. The molecule has 2 aromatic rings. The molecule has 1 aromatic heterocycles. The van der Waals surface area contributed by atoms with E-state index in [0.717, 1.165) is 11.3 Å². The lowest BCUT2D eigenvalue weighted by Crippen LogP contribution is -2.31. The van der Waals surface area contributed by atoms with Crippen LogP contribution in [0.25, 0.3) is 0 Å². The van der Waals surface area contributed by atoms with Crippen molar-refractivity contribution in [1.29, 1.82) is 0 Å². The maximum absolute atomic E-state index is 11.7. The summed E-state index contributed by atoms with van der Waals surface area (Å²) in [6, 6.07) is 10.8. The Morgan fingerprint density at radius 2 is 2.13 bits per heavy atom. The van der Waals surface area contributed by atoms with Crippen molar-refractivity contribution in [2.24, 2.45) is 0 Å². The standard InChI is InChI=1S/C16H20N2O4S/c1-23(20)9-7-17-16(19)18-14-5-2-4-13(10-14)11-21-12-15-6-3-8-22-15/h2-6,8,10H,7,9,11-12H2,1H3,(H2,17,18,19). The van der Waals surface area contributed by atoms with Crippen LogP contribution in [0.2, 0.25) is 0 Å². The molecule has 0 radical (unpaired) electrons. The number of hydrogen-bond donors (Lipinski definition) is 2. The average Bonchev–Trinajstić information content (AvgIpc) is 3.00. The van der Waals surface area contributed by atoms with Crippen molar-refractivity contribution in [3.63, 3.8) is 0 Å². The molecule has 0 aliphatic rings. The van der Waals surface area contributed by atoms with Crippen LogP contribution in [0, 0.1) is 0 Å². The van der Waals surface area contributed by atoms with E-state index in [1.807, 2.05) is 30.3 Å². The van der Waals surface area contributed by atoms with Crippen LogP contribution in [-0.4, -0.2) is 28.8 Å². The molecule has 0 saturated heterocycles. The summed E-state index contributed by atoms with van der Waals surface area (Å²) < 4.78 is 21.7. The number of ether oxygens (including phenoxy) is 1. The number of hydrogen-bond acceptors (Lipinski definition) is 4. The van der Waals surface area contributed by atoms with Crippen LogP contribution in [0.15, 0.2) is 47.1 Å². The number of urea groups is 1. The summed E-state index contributed by atoms with van der Waals surface area (Å²) in [6.07, 6.45) is 3.21. The van der Waals surface area contributed by atoms with Crippen LogP contribution in [-0.2, 0) is 28.8 Å². The fourth-order valence-electron chi connectivity index (χ4n) is 1.89. The molecular formula is C16H20N2O4S. The molecule has 0 aliphatic carbocycles. The summed E-state index contributed by atoms with van der Waals surface area (Å²) in [5.74, 6) is 1.21. The molecule has 6 nitrogen and oxygen atoms in total. The van der Waals surface area contributed by atoms with Crippen LogP contribution in [0.1, 0.15) is 11.3 Å². The largest absolute Gasteiger partial charge is 0.467 e. The Hall–Kier alpha value is -2.12. The summed E-state index contributed by atoms with van der Waals surface area (Å²) >= 11 is 0. The van der Waals surface area contributed by atoms with E-state index in [1.165, 1.54) is 0 Å². The molecule has 124 valence electrons. The Kier molecular flexibility index (Phi) is 6.83. The lowest BCUT2D eigenvalue weighted by Gasteiger charge is -2.09. The van der Waals surface area contributed by atoms with E-state index >= 15 is 0 Å². The van der Waals surface area contributed by atoms with Gasteiger partial charge in [-0.05, 0) is 29.8 Å². The van der Waals surface area contributed by atoms with E-state index in [2.05, 4.69) is 10.6 Å². The van der Waals surface area contributed by atoms with Crippen molar-refractivity contribution >= 4 is 22.5 Å². The van der Waals surface area contributed by atoms with Gasteiger partial charge in [0.25, 0.3) is 0 Å². The minimum atomic E-state index is -0.916. The first kappa shape index (κ1) is 17.2. The number of nitrogens with one attached hydrogen (secondary N) is 2. The Morgan fingerprint density at radius 1 is 1.26 bits per heavy atom. The predicted molar refractivity (Wildman–Crippen MR) is 89.6 cm³/mol. The second kappa shape index (κ2) is 9.12. The van der Waals surface area contributed by atoms with Gasteiger partial charge >= 0.3 is 6.03 Å². The second-order valence-electron chi connectivity index (χ2n) is 4.93. The Bertz CT molecular complexity index is 643. The van der Waals surface area contributed by atoms with Gasteiger partial charge in [-0.1, -0.05) is 12.1 Å². The number of anilines is 1. The monoisotopic (exact) mass is 336 g/mol. The van der Waals surface area contributed by atoms with Crippen LogP contribution < -0.4 is 10.6 Å². The molecule has 1 heterocycles. The SMILES string of the molecule is CS(=O)CCNC(=O)Nc1cccc(COCc2ccco2)c1. The molecule has 0 spiro atoms. The van der Waals surface area contributed by atoms with Crippen LogP contribution in [0.5, 0.6) is 0 Å². The summed E-state index contributed by atoms with van der Waals surface area (Å²) in [5.41, 5.74) is 1.63. The highest BCUT2D eigenvalue weighted by atomic mass is 32.2. The van der Waals surface area contributed by atoms with Crippen LogP contribution >= 0.6 is 0 Å². The molecule has 1 atom stereocenters. The second-order valence-corrected chi connectivity index (χ2v) is 6.49. The zero-order valence-electron chi connectivity index (χ0n) is 12.9. The van der Waals surface area contributed by atoms with Gasteiger partial charge in [-0.15, -0.1) is 0 Å². The molecule has 2 rings (SSSR count). The number of benzene rings is 1. The smallest absolute Gasteiger partial charge is 0.319 e. The highest BCUT2D eigenvalue weighted by Gasteiger charge is 2.03. The van der Waals surface area contributed by atoms with E-state index < -0.39 is 10.8 Å². The highest BCUT2D eigenvalue weighted by Crippen LogP contribution is 2.12. The lowest BCUT2D eigenvalue weighted by atomic mass is 10.2. The van der Waals surface area contributed by atoms with E-state index in [-0.39, 0.29) is 6.03 Å². The number of carbonyl (C=O) groups excluding carboxylic acids is 1. The van der Waals surface area contributed by atoms with Gasteiger partial charge < -0.3 is 19.8 Å². The van der Waals surface area contributed by atoms with E-state index in [9.17, 15) is 9.00 Å². The zero-order chi connectivity index (χ0) is 16.5. The molecule has 0 aliphatic heterocycles. The number of amides is 2. The van der Waals surface area contributed by atoms with Crippen molar-refractivity contribution in [2.75, 3.05) is 23.9 Å². The molecule has 0 saturated carbocycles. The first-order valence-corrected chi connectivity index (χ1v) is 8.90. The van der Waals surface area contributed by atoms with Crippen molar-refractivity contribution in [3.05, 3.63) is 54.0 Å². The molecule has 0 bridgehead atoms. The molecule has 23 heavy (non-hydrogen) atoms. The third-order valence-corrected chi connectivity index (χ3v) is 3.73. The van der Waals surface area contributed by atoms with E-state index in [1.54, 1.807) is 18.6 Å². The molecule has 1 aromatic carbocycles. The minimum absolute atomic E-state index is 0.316. The first-order valence-electron chi connectivity index (χ1n) is 7.17. The quantitative estimate of drug-likeness (QED) is 0.776. The summed E-state index contributed by atoms with van der Waals surface area (Å²) in [4.78, 5) is 11.7. The zero-order valence-corrected chi connectivity index (χ0v) is 13.7. The third kappa shape index (κ3) is 6.66. The van der Waals surface area contributed by atoms with Crippen molar-refractivity contribution in [1.82, 2.24) is 5.32 Å². The van der Waals surface area contributed by atoms with E-state index in [0.29, 0.717) is 31.2 Å². The van der Waals surface area contributed by atoms with E-state index in [4.69, 9.17) is 9.15 Å². The number of rotatable bonds is 8. The fraction of sp³-hybridized carbons (Fsp3) is 0.312. The molecule has 7 heteroatoms.